The Morgan fingerprint density at radius 2 is 1.87 bits per heavy atom. The van der Waals surface area contributed by atoms with Gasteiger partial charge in [-0.2, -0.15) is 0 Å². The van der Waals surface area contributed by atoms with Crippen molar-refractivity contribution >= 4 is 35.4 Å². The van der Waals surface area contributed by atoms with Gasteiger partial charge in [0.2, 0.25) is 17.7 Å². The van der Waals surface area contributed by atoms with Crippen LogP contribution in [-0.4, -0.2) is 66.6 Å². The summed E-state index contributed by atoms with van der Waals surface area (Å²) in [6.07, 6.45) is 0.233. The number of rotatable bonds is 7. The second kappa shape index (κ2) is 8.72. The maximum absolute atomic E-state index is 12.7. The lowest BCUT2D eigenvalue weighted by atomic mass is 10.0. The van der Waals surface area contributed by atoms with Gasteiger partial charge in [-0.1, -0.05) is 0 Å². The van der Waals surface area contributed by atoms with Crippen LogP contribution in [0.2, 0.25) is 0 Å². The number of ether oxygens (including phenoxy) is 1. The van der Waals surface area contributed by atoms with Gasteiger partial charge in [-0.15, -0.1) is 0 Å². The average molecular weight is 416 g/mol. The van der Waals surface area contributed by atoms with Crippen LogP contribution >= 0.6 is 0 Å². The first-order valence-corrected chi connectivity index (χ1v) is 9.27. The van der Waals surface area contributed by atoms with E-state index in [1.807, 2.05) is 0 Å². The van der Waals surface area contributed by atoms with E-state index in [-0.39, 0.29) is 55.2 Å². The zero-order valence-electron chi connectivity index (χ0n) is 16.1. The number of benzene rings is 1. The highest BCUT2D eigenvalue weighted by atomic mass is 16.5. The van der Waals surface area contributed by atoms with E-state index in [1.165, 1.54) is 25.2 Å². The van der Waals surface area contributed by atoms with Crippen molar-refractivity contribution in [3.05, 3.63) is 29.3 Å². The summed E-state index contributed by atoms with van der Waals surface area (Å²) in [6.45, 7) is -0.189. The van der Waals surface area contributed by atoms with Crippen molar-refractivity contribution in [3.63, 3.8) is 0 Å². The molecule has 11 nitrogen and oxygen atoms in total. The summed E-state index contributed by atoms with van der Waals surface area (Å²) in [7, 11) is 1.49. The number of hydrogen-bond acceptors (Lipinski definition) is 7. The Kier molecular flexibility index (Phi) is 6.09. The van der Waals surface area contributed by atoms with Crippen molar-refractivity contribution in [2.24, 2.45) is 0 Å². The van der Waals surface area contributed by atoms with Crippen molar-refractivity contribution in [1.29, 1.82) is 0 Å². The van der Waals surface area contributed by atoms with E-state index < -0.39 is 35.6 Å². The van der Waals surface area contributed by atoms with E-state index in [0.717, 1.165) is 4.90 Å². The third-order valence-corrected chi connectivity index (χ3v) is 4.73. The maximum atomic E-state index is 12.7. The Hall–Kier alpha value is -3.76. The number of fused-ring (bicyclic) bond motifs is 1. The first kappa shape index (κ1) is 21.0. The van der Waals surface area contributed by atoms with Crippen LogP contribution in [0.1, 0.15) is 40.0 Å². The molecule has 1 unspecified atom stereocenters. The normalized spacial score (nSPS) is 18.0. The van der Waals surface area contributed by atoms with Crippen molar-refractivity contribution in [2.45, 2.75) is 25.3 Å². The van der Waals surface area contributed by atoms with Crippen LogP contribution in [0.5, 0.6) is 5.75 Å². The third-order valence-electron chi connectivity index (χ3n) is 4.73. The van der Waals surface area contributed by atoms with Crippen molar-refractivity contribution in [2.75, 3.05) is 20.2 Å². The summed E-state index contributed by atoms with van der Waals surface area (Å²) in [5.74, 6) is -2.89. The van der Waals surface area contributed by atoms with Gasteiger partial charge in [0, 0.05) is 26.4 Å². The number of carbonyl (C=O) groups excluding carboxylic acids is 6. The van der Waals surface area contributed by atoms with Gasteiger partial charge in [-0.05, 0) is 24.6 Å². The minimum atomic E-state index is -1.05. The number of hydrogen-bond donors (Lipinski definition) is 3. The maximum Gasteiger partial charge on any atom is 0.262 e. The molecule has 3 rings (SSSR count). The van der Waals surface area contributed by atoms with E-state index in [9.17, 15) is 28.8 Å². The molecule has 30 heavy (non-hydrogen) atoms. The Morgan fingerprint density at radius 1 is 1.13 bits per heavy atom. The highest BCUT2D eigenvalue weighted by Gasteiger charge is 2.44. The van der Waals surface area contributed by atoms with Crippen LogP contribution in [0.15, 0.2) is 18.2 Å². The molecule has 2 heterocycles. The van der Waals surface area contributed by atoms with E-state index in [2.05, 4.69) is 16.0 Å². The molecule has 2 aliphatic heterocycles. The average Bonchev–Trinajstić information content (AvgIpc) is 2.96. The Bertz CT molecular complexity index is 943. The molecule has 0 spiro atoms. The van der Waals surface area contributed by atoms with Gasteiger partial charge in [0.05, 0.1) is 11.1 Å². The zero-order chi connectivity index (χ0) is 21.8. The zero-order valence-corrected chi connectivity index (χ0v) is 16.1. The smallest absolute Gasteiger partial charge is 0.262 e. The number of amides is 6. The fraction of sp³-hybridized carbons (Fsp3) is 0.368. The summed E-state index contributed by atoms with van der Waals surface area (Å²) < 4.78 is 5.36. The molecule has 2 aliphatic rings. The number of nitrogens with zero attached hydrogens (tertiary/aromatic N) is 1. The predicted molar refractivity (Wildman–Crippen MR) is 100 cm³/mol. The summed E-state index contributed by atoms with van der Waals surface area (Å²) in [5.41, 5.74) is 0.175. The summed E-state index contributed by atoms with van der Waals surface area (Å²) in [5, 5.41) is 7.08. The van der Waals surface area contributed by atoms with E-state index in [0.29, 0.717) is 0 Å². The lowest BCUT2D eigenvalue weighted by Gasteiger charge is -2.27. The van der Waals surface area contributed by atoms with Gasteiger partial charge in [-0.25, -0.2) is 0 Å². The van der Waals surface area contributed by atoms with Crippen molar-refractivity contribution in [3.8, 4) is 5.75 Å². The number of nitrogens with one attached hydrogen (secondary N) is 3. The predicted octanol–water partition coefficient (Wildman–Crippen LogP) is -1.28. The van der Waals surface area contributed by atoms with Crippen LogP contribution < -0.4 is 20.7 Å². The fourth-order valence-corrected chi connectivity index (χ4v) is 3.18. The van der Waals surface area contributed by atoms with E-state index in [1.54, 1.807) is 0 Å². The third kappa shape index (κ3) is 4.29. The Balaban J connectivity index is 1.62. The monoisotopic (exact) mass is 416 g/mol. The van der Waals surface area contributed by atoms with E-state index >= 15 is 0 Å². The lowest BCUT2D eigenvalue weighted by molar-refractivity contribution is -0.136. The number of carbonyl (C=O) groups is 6. The fourth-order valence-electron chi connectivity index (χ4n) is 3.18. The Labute approximate surface area is 171 Å². The van der Waals surface area contributed by atoms with Gasteiger partial charge >= 0.3 is 0 Å². The molecule has 6 amide bonds. The minimum Gasteiger partial charge on any atom is -0.484 e. The van der Waals surface area contributed by atoms with Crippen LogP contribution in [0, 0.1) is 0 Å². The lowest BCUT2D eigenvalue weighted by Crippen LogP contribution is -2.54. The van der Waals surface area contributed by atoms with Gasteiger partial charge < -0.3 is 15.4 Å². The van der Waals surface area contributed by atoms with Crippen LogP contribution in [0.25, 0.3) is 0 Å². The van der Waals surface area contributed by atoms with Crippen molar-refractivity contribution < 1.29 is 33.5 Å². The summed E-state index contributed by atoms with van der Waals surface area (Å²) >= 11 is 0. The second-order valence-electron chi connectivity index (χ2n) is 6.72. The van der Waals surface area contributed by atoms with Gasteiger partial charge in [0.15, 0.2) is 6.61 Å². The van der Waals surface area contributed by atoms with Crippen LogP contribution in [0.4, 0.5) is 0 Å². The largest absolute Gasteiger partial charge is 0.484 e. The molecule has 1 aromatic carbocycles. The highest BCUT2D eigenvalue weighted by Crippen LogP contribution is 2.30. The molecule has 11 heteroatoms. The molecule has 1 fully saturated rings. The van der Waals surface area contributed by atoms with Crippen LogP contribution in [0.3, 0.4) is 0 Å². The van der Waals surface area contributed by atoms with Crippen molar-refractivity contribution in [1.82, 2.24) is 20.9 Å². The summed E-state index contributed by atoms with van der Waals surface area (Å²) in [6, 6.07) is 3.11. The molecule has 3 N–H and O–H groups in total. The molecular formula is C19H20N4O7. The molecule has 0 saturated carbocycles. The number of piperidine rings is 1. The first-order valence-electron chi connectivity index (χ1n) is 9.27. The molecule has 1 aromatic rings. The van der Waals surface area contributed by atoms with Gasteiger partial charge in [0.25, 0.3) is 17.7 Å². The standard InChI is InChI=1S/C19H20N4O7/c1-20-14(24)6-7-21-16(26)9-30-10-2-3-11-12(8-10)19(29)23(18(11)28)13-4-5-15(25)22-17(13)27/h2-3,8,13H,4-7,9H2,1H3,(H,20,24)(H,21,26)(H,22,25,27). The topological polar surface area (TPSA) is 151 Å². The minimum absolute atomic E-state index is 0.0349. The molecule has 0 aliphatic carbocycles. The quantitative estimate of drug-likeness (QED) is 0.468. The molecule has 0 aromatic heterocycles. The molecule has 0 radical (unpaired) electrons. The second-order valence-corrected chi connectivity index (χ2v) is 6.72. The Morgan fingerprint density at radius 3 is 2.57 bits per heavy atom. The molecular weight excluding hydrogens is 396 g/mol. The number of imide groups is 2. The van der Waals surface area contributed by atoms with Gasteiger partial charge in [0.1, 0.15) is 11.8 Å². The molecule has 0 bridgehead atoms. The molecule has 1 atom stereocenters. The first-order chi connectivity index (χ1) is 14.3. The SMILES string of the molecule is CNC(=O)CCNC(=O)COc1ccc2c(c1)C(=O)N(C1CCC(=O)NC1=O)C2=O. The van der Waals surface area contributed by atoms with E-state index in [4.69, 9.17) is 4.74 Å². The van der Waals surface area contributed by atoms with Gasteiger partial charge in [-0.3, -0.25) is 39.0 Å². The molecule has 158 valence electrons. The summed E-state index contributed by atoms with van der Waals surface area (Å²) in [4.78, 5) is 72.5. The molecule has 1 saturated heterocycles. The highest BCUT2D eigenvalue weighted by molar-refractivity contribution is 6.23. The van der Waals surface area contributed by atoms with Crippen LogP contribution in [-0.2, 0) is 19.2 Å².